The van der Waals surface area contributed by atoms with Crippen molar-refractivity contribution in [2.24, 2.45) is 0 Å². The normalized spacial score (nSPS) is 14.8. The highest BCUT2D eigenvalue weighted by Crippen LogP contribution is 2.25. The van der Waals surface area contributed by atoms with Gasteiger partial charge in [-0.1, -0.05) is 49.9 Å². The zero-order valence-electron chi connectivity index (χ0n) is 16.4. The molecule has 4 nitrogen and oxygen atoms in total. The number of hydrogen-bond acceptors (Lipinski definition) is 2. The lowest BCUT2D eigenvalue weighted by molar-refractivity contribution is 0.218. The average Bonchev–Trinajstić information content (AvgIpc) is 3.04. The molecule has 2 heterocycles. The average molecular weight is 361 g/mol. The van der Waals surface area contributed by atoms with Crippen LogP contribution in [0.15, 0.2) is 55.1 Å². The number of aryl methyl sites for hydroxylation is 2. The summed E-state index contributed by atoms with van der Waals surface area (Å²) in [4.78, 5) is 21.2. The molecule has 0 bridgehead atoms. The smallest absolute Gasteiger partial charge is 0.318 e. The predicted octanol–water partition coefficient (Wildman–Crippen LogP) is 4.98. The van der Waals surface area contributed by atoms with E-state index in [1.807, 2.05) is 43.0 Å². The maximum atomic E-state index is 12.9. The molecule has 3 rings (SSSR count). The molecule has 1 aromatic heterocycles. The number of urea groups is 1. The number of benzene rings is 1. The second-order valence-electron chi connectivity index (χ2n) is 6.78. The van der Waals surface area contributed by atoms with Crippen molar-refractivity contribution < 1.29 is 4.79 Å². The van der Waals surface area contributed by atoms with Crippen LogP contribution in [0.2, 0.25) is 0 Å². The maximum absolute atomic E-state index is 12.9. The van der Waals surface area contributed by atoms with Crippen LogP contribution < -0.4 is 4.90 Å². The fourth-order valence-electron chi connectivity index (χ4n) is 3.50. The highest BCUT2D eigenvalue weighted by Gasteiger charge is 2.30. The van der Waals surface area contributed by atoms with Gasteiger partial charge in [0.2, 0.25) is 0 Å². The molecule has 0 aliphatic carbocycles. The van der Waals surface area contributed by atoms with Crippen LogP contribution in [0.1, 0.15) is 36.2 Å². The Balaban J connectivity index is 1.76. The summed E-state index contributed by atoms with van der Waals surface area (Å²) in [5, 5.41) is 0. The number of carbonyl (C=O) groups excluding carboxylic acids is 1. The summed E-state index contributed by atoms with van der Waals surface area (Å²) in [6.45, 7) is 12.0. The van der Waals surface area contributed by atoms with Gasteiger partial charge in [0.15, 0.2) is 0 Å². The molecule has 1 fully saturated rings. The molecule has 1 aliphatic rings. The van der Waals surface area contributed by atoms with Crippen LogP contribution in [0.5, 0.6) is 0 Å². The number of rotatable bonds is 6. The van der Waals surface area contributed by atoms with Gasteiger partial charge in [-0.25, -0.2) is 9.78 Å². The lowest BCUT2D eigenvalue weighted by Gasteiger charge is -2.19. The fraction of sp³-hybridized carbons (Fsp3) is 0.304. The first-order valence-electron chi connectivity index (χ1n) is 9.48. The summed E-state index contributed by atoms with van der Waals surface area (Å²) in [5.74, 6) is 0.713. The zero-order valence-corrected chi connectivity index (χ0v) is 16.4. The van der Waals surface area contributed by atoms with Crippen LogP contribution in [0.4, 0.5) is 10.6 Å². The third kappa shape index (κ3) is 3.95. The first-order valence-corrected chi connectivity index (χ1v) is 9.48. The predicted molar refractivity (Wildman–Crippen MR) is 112 cm³/mol. The molecular weight excluding hydrogens is 334 g/mol. The second-order valence-corrected chi connectivity index (χ2v) is 6.78. The standard InChI is InChI=1S/C23H27N3O/c1-5-18-9-8-10-19(15-18)16-25-13-14-26(23(25)27)22-12-11-21(17(4)24-22)20(6-2)7-3/h6-12,15H,2,5,13-14,16H2,1,3-4H3/b20-7+. The van der Waals surface area contributed by atoms with E-state index in [2.05, 4.69) is 42.8 Å². The van der Waals surface area contributed by atoms with Gasteiger partial charge in [-0.15, -0.1) is 0 Å². The molecule has 0 unspecified atom stereocenters. The third-order valence-corrected chi connectivity index (χ3v) is 5.06. The van der Waals surface area contributed by atoms with Crippen LogP contribution in [0, 0.1) is 6.92 Å². The SMILES string of the molecule is C=C/C(=C\C)c1ccc(N2CCN(Cc3cccc(CC)c3)C2=O)nc1C. The van der Waals surface area contributed by atoms with Crippen molar-refractivity contribution in [2.75, 3.05) is 18.0 Å². The Kier molecular flexibility index (Phi) is 5.75. The molecule has 1 saturated heterocycles. The highest BCUT2D eigenvalue weighted by molar-refractivity contribution is 5.93. The van der Waals surface area contributed by atoms with Crippen LogP contribution in [-0.4, -0.2) is 29.0 Å². The van der Waals surface area contributed by atoms with Gasteiger partial charge in [0.25, 0.3) is 0 Å². The molecule has 0 spiro atoms. The molecule has 140 valence electrons. The van der Waals surface area contributed by atoms with E-state index in [1.54, 1.807) is 4.90 Å². The maximum Gasteiger partial charge on any atom is 0.326 e. The van der Waals surface area contributed by atoms with E-state index in [0.29, 0.717) is 25.5 Å². The number of aromatic nitrogens is 1. The van der Waals surface area contributed by atoms with E-state index in [1.165, 1.54) is 11.1 Å². The number of hydrogen-bond donors (Lipinski definition) is 0. The lowest BCUT2D eigenvalue weighted by Crippen LogP contribution is -2.32. The Hall–Kier alpha value is -2.88. The Morgan fingerprint density at radius 2 is 2.00 bits per heavy atom. The molecule has 0 atom stereocenters. The monoisotopic (exact) mass is 361 g/mol. The minimum atomic E-state index is 0.0199. The van der Waals surface area contributed by atoms with E-state index >= 15 is 0 Å². The number of pyridine rings is 1. The van der Waals surface area contributed by atoms with Crippen molar-refractivity contribution >= 4 is 17.4 Å². The van der Waals surface area contributed by atoms with Gasteiger partial charge in [-0.3, -0.25) is 4.90 Å². The van der Waals surface area contributed by atoms with Gasteiger partial charge in [0.1, 0.15) is 5.82 Å². The van der Waals surface area contributed by atoms with E-state index < -0.39 is 0 Å². The van der Waals surface area contributed by atoms with E-state index in [0.717, 1.165) is 23.3 Å². The summed E-state index contributed by atoms with van der Waals surface area (Å²) in [6.07, 6.45) is 4.85. The summed E-state index contributed by atoms with van der Waals surface area (Å²) >= 11 is 0. The van der Waals surface area contributed by atoms with Gasteiger partial charge in [0.05, 0.1) is 0 Å². The number of allylic oxidation sites excluding steroid dienone is 3. The van der Waals surface area contributed by atoms with Gasteiger partial charge in [-0.2, -0.15) is 0 Å². The number of amides is 2. The molecule has 0 N–H and O–H groups in total. The summed E-state index contributed by atoms with van der Waals surface area (Å²) < 4.78 is 0. The van der Waals surface area contributed by atoms with Crippen molar-refractivity contribution in [1.82, 2.24) is 9.88 Å². The molecule has 1 aromatic carbocycles. The van der Waals surface area contributed by atoms with Crippen LogP contribution in [0.25, 0.3) is 5.57 Å². The minimum absolute atomic E-state index is 0.0199. The lowest BCUT2D eigenvalue weighted by atomic mass is 10.0. The highest BCUT2D eigenvalue weighted by atomic mass is 16.2. The molecule has 2 aromatic rings. The zero-order chi connectivity index (χ0) is 19.4. The van der Waals surface area contributed by atoms with Crippen LogP contribution in [0.3, 0.4) is 0 Å². The van der Waals surface area contributed by atoms with Gasteiger partial charge in [-0.05, 0) is 49.1 Å². The van der Waals surface area contributed by atoms with E-state index in [-0.39, 0.29) is 6.03 Å². The Morgan fingerprint density at radius 3 is 2.67 bits per heavy atom. The Bertz CT molecular complexity index is 885. The van der Waals surface area contributed by atoms with Crippen molar-refractivity contribution in [3.8, 4) is 0 Å². The molecule has 0 saturated carbocycles. The number of nitrogens with zero attached hydrogens (tertiary/aromatic N) is 3. The second kappa shape index (κ2) is 8.21. The van der Waals surface area contributed by atoms with Crippen molar-refractivity contribution in [2.45, 2.75) is 33.7 Å². The molecule has 4 heteroatoms. The van der Waals surface area contributed by atoms with Crippen molar-refractivity contribution in [3.63, 3.8) is 0 Å². The summed E-state index contributed by atoms with van der Waals surface area (Å²) in [5.41, 5.74) is 5.48. The Labute approximate surface area is 161 Å². The Morgan fingerprint density at radius 1 is 1.22 bits per heavy atom. The van der Waals surface area contributed by atoms with Crippen molar-refractivity contribution in [3.05, 3.63) is 77.5 Å². The van der Waals surface area contributed by atoms with Crippen LogP contribution in [-0.2, 0) is 13.0 Å². The number of carbonyl (C=O) groups is 1. The molecule has 1 aliphatic heterocycles. The first-order chi connectivity index (χ1) is 13.1. The summed E-state index contributed by atoms with van der Waals surface area (Å²) in [7, 11) is 0. The first kappa shape index (κ1) is 18.9. The van der Waals surface area contributed by atoms with E-state index in [4.69, 9.17) is 0 Å². The minimum Gasteiger partial charge on any atom is -0.318 e. The topological polar surface area (TPSA) is 36.4 Å². The van der Waals surface area contributed by atoms with Crippen LogP contribution >= 0.6 is 0 Å². The molecule has 27 heavy (non-hydrogen) atoms. The van der Waals surface area contributed by atoms with Gasteiger partial charge < -0.3 is 4.90 Å². The van der Waals surface area contributed by atoms with Gasteiger partial charge in [0, 0.05) is 30.9 Å². The molecule has 0 radical (unpaired) electrons. The van der Waals surface area contributed by atoms with E-state index in [9.17, 15) is 4.79 Å². The van der Waals surface area contributed by atoms with Gasteiger partial charge >= 0.3 is 6.03 Å². The molecule has 2 amide bonds. The molecular formula is C23H27N3O. The largest absolute Gasteiger partial charge is 0.326 e. The quantitative estimate of drug-likeness (QED) is 0.680. The van der Waals surface area contributed by atoms with Crippen molar-refractivity contribution in [1.29, 1.82) is 0 Å². The number of anilines is 1. The fourth-order valence-corrected chi connectivity index (χ4v) is 3.50. The third-order valence-electron chi connectivity index (χ3n) is 5.06. The summed E-state index contributed by atoms with van der Waals surface area (Å²) in [6, 6.07) is 12.4.